The van der Waals surface area contributed by atoms with Crippen molar-refractivity contribution in [3.63, 3.8) is 0 Å². The van der Waals surface area contributed by atoms with Crippen molar-refractivity contribution in [2.45, 2.75) is 25.8 Å². The minimum Gasteiger partial charge on any atom is -0.356 e. The molecule has 1 aromatic rings. The Hall–Kier alpha value is -1.09. The first kappa shape index (κ1) is 8.24. The molecule has 0 saturated carbocycles. The molecule has 3 nitrogen and oxygen atoms in total. The Balaban J connectivity index is 1.93. The highest BCUT2D eigenvalue weighted by Gasteiger charge is 2.36. The van der Waals surface area contributed by atoms with E-state index in [1.165, 1.54) is 18.4 Å². The Morgan fingerprint density at radius 2 is 2.50 bits per heavy atom. The van der Waals surface area contributed by atoms with Crippen molar-refractivity contribution in [3.05, 3.63) is 23.6 Å². The lowest BCUT2D eigenvalue weighted by atomic mass is 9.77. The van der Waals surface area contributed by atoms with E-state index in [2.05, 4.69) is 16.5 Å². The van der Waals surface area contributed by atoms with Crippen LogP contribution in [0.15, 0.2) is 16.7 Å². The van der Waals surface area contributed by atoms with Crippen LogP contribution in [0.3, 0.4) is 0 Å². The number of rotatable bonds is 1. The van der Waals surface area contributed by atoms with Crippen LogP contribution >= 0.6 is 0 Å². The van der Waals surface area contributed by atoms with Gasteiger partial charge in [-0.2, -0.15) is 0 Å². The second-order valence-electron chi connectivity index (χ2n) is 4.22. The van der Waals surface area contributed by atoms with Crippen LogP contribution in [-0.4, -0.2) is 17.7 Å². The van der Waals surface area contributed by atoms with E-state index < -0.39 is 0 Å². The Labute approximate surface area is 83.2 Å². The second-order valence-corrected chi connectivity index (χ2v) is 4.22. The van der Waals surface area contributed by atoms with E-state index in [0.29, 0.717) is 6.04 Å². The van der Waals surface area contributed by atoms with Crippen LogP contribution in [-0.2, 0) is 0 Å². The first-order valence-electron chi connectivity index (χ1n) is 5.22. The van der Waals surface area contributed by atoms with Crippen LogP contribution in [0.1, 0.15) is 24.3 Å². The van der Waals surface area contributed by atoms with Crippen molar-refractivity contribution in [2.24, 2.45) is 5.92 Å². The second kappa shape index (κ2) is 2.95. The smallest absolute Gasteiger partial charge is 0.164 e. The first-order chi connectivity index (χ1) is 6.84. The monoisotopic (exact) mass is 190 g/mol. The minimum absolute atomic E-state index is 0.524. The van der Waals surface area contributed by atoms with Gasteiger partial charge in [-0.25, -0.2) is 0 Å². The summed E-state index contributed by atoms with van der Waals surface area (Å²) in [5.41, 5.74) is 2.27. The van der Waals surface area contributed by atoms with E-state index in [0.717, 1.165) is 23.9 Å². The van der Waals surface area contributed by atoms with Crippen LogP contribution in [0, 0.1) is 12.8 Å². The number of fused-ring (bicyclic) bond motifs is 1. The van der Waals surface area contributed by atoms with E-state index in [-0.39, 0.29) is 0 Å². The third-order valence-corrected chi connectivity index (χ3v) is 3.22. The van der Waals surface area contributed by atoms with Crippen LogP contribution in [0.4, 0.5) is 0 Å². The molecular weight excluding hydrogens is 176 g/mol. The van der Waals surface area contributed by atoms with Gasteiger partial charge in [0.25, 0.3) is 0 Å². The predicted octanol–water partition coefficient (Wildman–Crippen LogP) is 1.75. The summed E-state index contributed by atoms with van der Waals surface area (Å²) in [6.07, 6.45) is 4.78. The fourth-order valence-corrected chi connectivity index (χ4v) is 2.37. The lowest BCUT2D eigenvalue weighted by molar-refractivity contribution is 0.257. The molecule has 1 aliphatic heterocycles. The molecule has 2 aliphatic rings. The quantitative estimate of drug-likeness (QED) is 0.733. The van der Waals surface area contributed by atoms with Gasteiger partial charge in [0.05, 0.1) is 5.69 Å². The summed E-state index contributed by atoms with van der Waals surface area (Å²) < 4.78 is 5.30. The summed E-state index contributed by atoms with van der Waals surface area (Å²) in [6.45, 7) is 3.12. The van der Waals surface area contributed by atoms with Crippen molar-refractivity contribution < 1.29 is 4.52 Å². The fourth-order valence-electron chi connectivity index (χ4n) is 2.37. The molecule has 74 valence electrons. The molecule has 1 fully saturated rings. The molecule has 1 aliphatic carbocycles. The van der Waals surface area contributed by atoms with Crippen LogP contribution in [0.2, 0.25) is 0 Å². The molecule has 0 amide bonds. The lowest BCUT2D eigenvalue weighted by Crippen LogP contribution is -2.54. The number of aromatic nitrogens is 1. The van der Waals surface area contributed by atoms with E-state index >= 15 is 0 Å². The van der Waals surface area contributed by atoms with E-state index in [4.69, 9.17) is 4.52 Å². The molecule has 3 heteroatoms. The van der Waals surface area contributed by atoms with Gasteiger partial charge in [-0.3, -0.25) is 0 Å². The van der Waals surface area contributed by atoms with Crippen LogP contribution in [0.5, 0.6) is 0 Å². The van der Waals surface area contributed by atoms with Crippen molar-refractivity contribution >= 4 is 5.57 Å². The maximum Gasteiger partial charge on any atom is 0.164 e. The Bertz CT molecular complexity index is 380. The average Bonchev–Trinajstić information content (AvgIpc) is 2.54. The molecule has 0 aromatic carbocycles. The normalized spacial score (nSPS) is 30.5. The molecule has 3 rings (SSSR count). The topological polar surface area (TPSA) is 38.1 Å². The number of nitrogens with one attached hydrogen (secondary N) is 1. The maximum atomic E-state index is 5.30. The zero-order valence-electron chi connectivity index (χ0n) is 8.29. The molecule has 0 unspecified atom stereocenters. The van der Waals surface area contributed by atoms with Gasteiger partial charge in [0.15, 0.2) is 5.76 Å². The first-order valence-corrected chi connectivity index (χ1v) is 5.22. The summed E-state index contributed by atoms with van der Waals surface area (Å²) in [6, 6.07) is 2.55. The summed E-state index contributed by atoms with van der Waals surface area (Å²) in [7, 11) is 0. The molecular formula is C11H14N2O. The van der Waals surface area contributed by atoms with Gasteiger partial charge in [-0.1, -0.05) is 11.2 Å². The van der Waals surface area contributed by atoms with Crippen molar-refractivity contribution in [2.75, 3.05) is 6.54 Å². The fraction of sp³-hybridized carbons (Fsp3) is 0.545. The molecule has 2 heterocycles. The highest BCUT2D eigenvalue weighted by atomic mass is 16.5. The largest absolute Gasteiger partial charge is 0.356 e. The van der Waals surface area contributed by atoms with E-state index in [1.807, 2.05) is 13.0 Å². The molecule has 14 heavy (non-hydrogen) atoms. The zero-order valence-corrected chi connectivity index (χ0v) is 8.29. The number of hydrogen-bond acceptors (Lipinski definition) is 3. The Kier molecular flexibility index (Phi) is 1.74. The van der Waals surface area contributed by atoms with Gasteiger partial charge in [-0.15, -0.1) is 0 Å². The molecule has 1 N–H and O–H groups in total. The number of hydrogen-bond donors (Lipinski definition) is 1. The number of nitrogens with zero attached hydrogens (tertiary/aromatic N) is 1. The average molecular weight is 190 g/mol. The molecule has 0 radical (unpaired) electrons. The highest BCUT2D eigenvalue weighted by molar-refractivity contribution is 5.68. The SMILES string of the molecule is Cc1cc(C2=CCC[C@H]3CN[C@@H]23)on1. The Morgan fingerprint density at radius 1 is 1.57 bits per heavy atom. The van der Waals surface area contributed by atoms with Gasteiger partial charge in [0.1, 0.15) is 0 Å². The van der Waals surface area contributed by atoms with Gasteiger partial charge in [0.2, 0.25) is 0 Å². The van der Waals surface area contributed by atoms with Crippen LogP contribution in [0.25, 0.3) is 5.57 Å². The van der Waals surface area contributed by atoms with Gasteiger partial charge in [0, 0.05) is 24.2 Å². The number of allylic oxidation sites excluding steroid dienone is 1. The van der Waals surface area contributed by atoms with Crippen molar-refractivity contribution in [1.82, 2.24) is 10.5 Å². The van der Waals surface area contributed by atoms with Crippen LogP contribution < -0.4 is 5.32 Å². The van der Waals surface area contributed by atoms with Gasteiger partial charge < -0.3 is 9.84 Å². The summed E-state index contributed by atoms with van der Waals surface area (Å²) in [4.78, 5) is 0. The predicted molar refractivity (Wildman–Crippen MR) is 53.7 cm³/mol. The van der Waals surface area contributed by atoms with Crippen molar-refractivity contribution in [3.8, 4) is 0 Å². The minimum atomic E-state index is 0.524. The summed E-state index contributed by atoms with van der Waals surface area (Å²) in [5.74, 6) is 1.77. The van der Waals surface area contributed by atoms with Crippen molar-refractivity contribution in [1.29, 1.82) is 0 Å². The molecule has 1 saturated heterocycles. The third-order valence-electron chi connectivity index (χ3n) is 3.22. The summed E-state index contributed by atoms with van der Waals surface area (Å²) >= 11 is 0. The molecule has 2 atom stereocenters. The molecule has 0 spiro atoms. The highest BCUT2D eigenvalue weighted by Crippen LogP contribution is 2.35. The molecule has 1 aromatic heterocycles. The van der Waals surface area contributed by atoms with Gasteiger partial charge in [-0.05, 0) is 25.7 Å². The van der Waals surface area contributed by atoms with Gasteiger partial charge >= 0.3 is 0 Å². The van der Waals surface area contributed by atoms with E-state index in [1.54, 1.807) is 0 Å². The number of aryl methyl sites for hydroxylation is 1. The third kappa shape index (κ3) is 1.12. The molecule has 0 bridgehead atoms. The zero-order chi connectivity index (χ0) is 9.54. The standard InChI is InChI=1S/C11H14N2O/c1-7-5-10(14-13-7)9-4-2-3-8-6-12-11(8)9/h4-5,8,11-12H,2-3,6H2,1H3/t8-,11+/m0/s1. The van der Waals surface area contributed by atoms with E-state index in [9.17, 15) is 0 Å². The lowest BCUT2D eigenvalue weighted by Gasteiger charge is -2.41. The maximum absolute atomic E-state index is 5.30. The Morgan fingerprint density at radius 3 is 3.14 bits per heavy atom. The summed E-state index contributed by atoms with van der Waals surface area (Å²) in [5, 5.41) is 7.38.